The summed E-state index contributed by atoms with van der Waals surface area (Å²) in [6, 6.07) is 13.1. The van der Waals surface area contributed by atoms with Crippen LogP contribution in [0.3, 0.4) is 0 Å². The van der Waals surface area contributed by atoms with Gasteiger partial charge in [-0.1, -0.05) is 36.5 Å². The molecule has 2 aromatic carbocycles. The fourth-order valence-electron chi connectivity index (χ4n) is 2.85. The van der Waals surface area contributed by atoms with Crippen LogP contribution in [0.2, 0.25) is 0 Å². The maximum absolute atomic E-state index is 12.8. The summed E-state index contributed by atoms with van der Waals surface area (Å²) in [5, 5.41) is 0. The van der Waals surface area contributed by atoms with Crippen molar-refractivity contribution in [2.24, 2.45) is 4.99 Å². The van der Waals surface area contributed by atoms with E-state index in [4.69, 9.17) is 9.47 Å². The highest BCUT2D eigenvalue weighted by atomic mass is 32.1. The van der Waals surface area contributed by atoms with Gasteiger partial charge in [0.05, 0.1) is 24.0 Å². The summed E-state index contributed by atoms with van der Waals surface area (Å²) in [6.45, 7) is 5.42. The molecule has 26 heavy (non-hydrogen) atoms. The van der Waals surface area contributed by atoms with Crippen LogP contribution < -0.4 is 14.3 Å². The lowest BCUT2D eigenvalue weighted by molar-refractivity contribution is 0.0995. The van der Waals surface area contributed by atoms with Gasteiger partial charge in [-0.05, 0) is 37.6 Å². The van der Waals surface area contributed by atoms with E-state index in [9.17, 15) is 4.79 Å². The van der Waals surface area contributed by atoms with Crippen LogP contribution in [0.15, 0.2) is 47.5 Å². The Hall–Kier alpha value is -2.60. The van der Waals surface area contributed by atoms with E-state index in [2.05, 4.69) is 16.5 Å². The molecule has 0 saturated carbocycles. The van der Waals surface area contributed by atoms with Crippen molar-refractivity contribution in [1.29, 1.82) is 0 Å². The molecule has 1 aromatic heterocycles. The third kappa shape index (κ3) is 3.51. The lowest BCUT2D eigenvalue weighted by atomic mass is 10.2. The molecule has 0 spiro atoms. The van der Waals surface area contributed by atoms with Gasteiger partial charge in [0.2, 0.25) is 0 Å². The number of methoxy groups -OCH3 is 1. The lowest BCUT2D eigenvalue weighted by Gasteiger charge is -2.09. The molecule has 0 N–H and O–H groups in total. The van der Waals surface area contributed by atoms with E-state index >= 15 is 0 Å². The third-order valence-electron chi connectivity index (χ3n) is 3.95. The summed E-state index contributed by atoms with van der Waals surface area (Å²) >= 11 is 1.49. The monoisotopic (exact) mass is 370 g/mol. The molecule has 0 aliphatic heterocycles. The number of hydrogen-bond acceptors (Lipinski definition) is 4. The smallest absolute Gasteiger partial charge is 0.283 e. The Morgan fingerprint density at radius 2 is 1.88 bits per heavy atom. The number of carbonyl (C=O) groups excluding carboxylic acids is 1. The van der Waals surface area contributed by atoms with Gasteiger partial charge in [-0.3, -0.25) is 4.79 Å². The third-order valence-corrected chi connectivity index (χ3v) is 4.99. The Morgan fingerprint density at radius 3 is 2.62 bits per heavy atom. The van der Waals surface area contributed by atoms with E-state index in [1.807, 2.05) is 37.3 Å². The zero-order valence-corrected chi connectivity index (χ0v) is 16.0. The number of nitrogens with zero attached hydrogens (tertiary/aromatic N) is 2. The summed E-state index contributed by atoms with van der Waals surface area (Å²) in [5.74, 6) is 1.04. The molecule has 136 valence electrons. The number of carbonyl (C=O) groups is 1. The van der Waals surface area contributed by atoms with Crippen molar-refractivity contribution >= 4 is 27.5 Å². The molecule has 0 aliphatic carbocycles. The first-order valence-electron chi connectivity index (χ1n) is 8.66. The van der Waals surface area contributed by atoms with Crippen LogP contribution in [0.5, 0.6) is 11.5 Å². The molecule has 0 atom stereocenters. The molecule has 0 saturated heterocycles. The van der Waals surface area contributed by atoms with Gasteiger partial charge in [0, 0.05) is 6.54 Å². The summed E-state index contributed by atoms with van der Waals surface area (Å²) in [7, 11) is 1.55. The van der Waals surface area contributed by atoms with Gasteiger partial charge in [-0.2, -0.15) is 4.99 Å². The summed E-state index contributed by atoms with van der Waals surface area (Å²) in [6.07, 6.45) is 0.933. The van der Waals surface area contributed by atoms with Gasteiger partial charge in [-0.15, -0.1) is 0 Å². The number of ether oxygens (including phenoxy) is 2. The fraction of sp³-hybridized carbons (Fsp3) is 0.300. The van der Waals surface area contributed by atoms with Gasteiger partial charge in [0.25, 0.3) is 5.91 Å². The standard InChI is InChI=1S/C20H22N2O3S/c1-4-13-22-18-16(25-5-2)11-8-12-17(18)26-20(22)21-19(23)14-9-6-7-10-15(14)24-3/h6-12H,4-5,13H2,1-3H3. The molecule has 6 heteroatoms. The van der Waals surface area contributed by atoms with Crippen molar-refractivity contribution in [3.63, 3.8) is 0 Å². The molecule has 5 nitrogen and oxygen atoms in total. The predicted octanol–water partition coefficient (Wildman–Crippen LogP) is 4.26. The Kier molecular flexibility index (Phi) is 5.73. The average molecular weight is 370 g/mol. The number of rotatable bonds is 6. The Balaban J connectivity index is 2.17. The average Bonchev–Trinajstić information content (AvgIpc) is 3.00. The van der Waals surface area contributed by atoms with Crippen LogP contribution in [0.1, 0.15) is 30.6 Å². The first-order chi connectivity index (χ1) is 12.7. The van der Waals surface area contributed by atoms with Crippen LogP contribution in [0.4, 0.5) is 0 Å². The summed E-state index contributed by atoms with van der Waals surface area (Å²) in [5.41, 5.74) is 1.45. The molecular formula is C20H22N2O3S. The maximum Gasteiger partial charge on any atom is 0.283 e. The molecule has 0 unspecified atom stereocenters. The zero-order valence-electron chi connectivity index (χ0n) is 15.2. The number of hydrogen-bond donors (Lipinski definition) is 0. The highest BCUT2D eigenvalue weighted by Gasteiger charge is 2.14. The second-order valence-corrected chi connectivity index (χ2v) is 6.70. The highest BCUT2D eigenvalue weighted by molar-refractivity contribution is 7.16. The van der Waals surface area contributed by atoms with E-state index in [0.29, 0.717) is 22.7 Å². The van der Waals surface area contributed by atoms with Crippen LogP contribution in [-0.4, -0.2) is 24.2 Å². The number of amides is 1. The van der Waals surface area contributed by atoms with Gasteiger partial charge in [0.1, 0.15) is 17.0 Å². The topological polar surface area (TPSA) is 52.8 Å². The van der Waals surface area contributed by atoms with Crippen LogP contribution in [0.25, 0.3) is 10.2 Å². The van der Waals surface area contributed by atoms with Gasteiger partial charge in [0.15, 0.2) is 4.80 Å². The summed E-state index contributed by atoms with van der Waals surface area (Å²) in [4.78, 5) is 17.8. The maximum atomic E-state index is 12.8. The minimum Gasteiger partial charge on any atom is -0.496 e. The molecule has 0 aliphatic rings. The van der Waals surface area contributed by atoms with Crippen molar-refractivity contribution in [3.05, 3.63) is 52.8 Å². The van der Waals surface area contributed by atoms with Gasteiger partial charge in [-0.25, -0.2) is 0 Å². The largest absolute Gasteiger partial charge is 0.496 e. The number of aromatic nitrogens is 1. The first-order valence-corrected chi connectivity index (χ1v) is 9.48. The van der Waals surface area contributed by atoms with E-state index in [1.54, 1.807) is 19.2 Å². The lowest BCUT2D eigenvalue weighted by Crippen LogP contribution is -2.17. The number of thiazole rings is 1. The quantitative estimate of drug-likeness (QED) is 0.651. The number of fused-ring (bicyclic) bond motifs is 1. The number of benzene rings is 2. The van der Waals surface area contributed by atoms with E-state index in [1.165, 1.54) is 11.3 Å². The van der Waals surface area contributed by atoms with Crippen molar-refractivity contribution in [2.75, 3.05) is 13.7 Å². The fourth-order valence-corrected chi connectivity index (χ4v) is 3.93. The Labute approximate surface area is 156 Å². The van der Waals surface area contributed by atoms with Crippen molar-refractivity contribution < 1.29 is 14.3 Å². The second-order valence-electron chi connectivity index (χ2n) is 5.69. The van der Waals surface area contributed by atoms with E-state index < -0.39 is 0 Å². The van der Waals surface area contributed by atoms with E-state index in [0.717, 1.165) is 28.9 Å². The second kappa shape index (κ2) is 8.19. The predicted molar refractivity (Wildman–Crippen MR) is 104 cm³/mol. The van der Waals surface area contributed by atoms with Crippen molar-refractivity contribution in [3.8, 4) is 11.5 Å². The molecule has 3 rings (SSSR count). The molecule has 1 heterocycles. The highest BCUT2D eigenvalue weighted by Crippen LogP contribution is 2.28. The number of aryl methyl sites for hydroxylation is 1. The summed E-state index contributed by atoms with van der Waals surface area (Å²) < 4.78 is 14.2. The molecule has 3 aromatic rings. The minimum atomic E-state index is -0.309. The van der Waals surface area contributed by atoms with Crippen molar-refractivity contribution in [1.82, 2.24) is 4.57 Å². The molecule has 0 bridgehead atoms. The Bertz CT molecular complexity index is 988. The normalized spacial score (nSPS) is 11.7. The number of para-hydroxylation sites is 2. The zero-order chi connectivity index (χ0) is 18.5. The Morgan fingerprint density at radius 1 is 1.12 bits per heavy atom. The first kappa shape index (κ1) is 18.2. The minimum absolute atomic E-state index is 0.309. The SMILES string of the molecule is CCCn1c(=NC(=O)c2ccccc2OC)sc2cccc(OCC)c21. The molecule has 1 amide bonds. The van der Waals surface area contributed by atoms with Crippen LogP contribution in [0, 0.1) is 0 Å². The molecule has 0 radical (unpaired) electrons. The molecular weight excluding hydrogens is 348 g/mol. The van der Waals surface area contributed by atoms with Crippen LogP contribution in [-0.2, 0) is 6.54 Å². The van der Waals surface area contributed by atoms with Crippen LogP contribution >= 0.6 is 11.3 Å². The van der Waals surface area contributed by atoms with Gasteiger partial charge < -0.3 is 14.0 Å². The van der Waals surface area contributed by atoms with E-state index in [-0.39, 0.29) is 5.91 Å². The van der Waals surface area contributed by atoms with Gasteiger partial charge >= 0.3 is 0 Å². The van der Waals surface area contributed by atoms with Crippen molar-refractivity contribution in [2.45, 2.75) is 26.8 Å². The molecule has 0 fully saturated rings.